The maximum Gasteiger partial charge on any atom is 0.129 e. The van der Waals surface area contributed by atoms with Crippen molar-refractivity contribution in [1.82, 2.24) is 0 Å². The predicted octanol–water partition coefficient (Wildman–Crippen LogP) is 2.56. The molecule has 0 aliphatic carbocycles. The Bertz CT molecular complexity index is 251. The fourth-order valence-corrected chi connectivity index (χ4v) is 0.670. The van der Waals surface area contributed by atoms with Gasteiger partial charge in [0.2, 0.25) is 0 Å². The molecule has 0 aliphatic heterocycles. The number of ketones is 1. The molecule has 1 rings (SSSR count). The van der Waals surface area contributed by atoms with Gasteiger partial charge < -0.3 is 10.5 Å². The molecule has 1 aromatic carbocycles. The number of hydrogen-bond donors (Lipinski definition) is 1. The highest BCUT2D eigenvalue weighted by atomic mass is 16.1. The first kappa shape index (κ1) is 11.7. The summed E-state index contributed by atoms with van der Waals surface area (Å²) in [5.41, 5.74) is 7.51. The van der Waals surface area contributed by atoms with Gasteiger partial charge in [-0.1, -0.05) is 19.1 Å². The number of anilines is 1. The Kier molecular flexibility index (Phi) is 5.60. The Balaban J connectivity index is 0.000000252. The maximum atomic E-state index is 9.81. The third-order valence-corrected chi connectivity index (χ3v) is 1.54. The summed E-state index contributed by atoms with van der Waals surface area (Å²) in [6.45, 7) is 5.46. The number of nitrogens with two attached hydrogens (primary N) is 1. The predicted molar refractivity (Wildman–Crippen MR) is 56.6 cm³/mol. The molecule has 0 aliphatic rings. The Hall–Kier alpha value is -1.31. The van der Waals surface area contributed by atoms with E-state index in [1.807, 2.05) is 38.1 Å². The smallest absolute Gasteiger partial charge is 0.129 e. The van der Waals surface area contributed by atoms with Crippen molar-refractivity contribution in [3.05, 3.63) is 29.8 Å². The molecule has 0 radical (unpaired) electrons. The average molecular weight is 179 g/mol. The summed E-state index contributed by atoms with van der Waals surface area (Å²) in [5.74, 6) is 0.255. The Morgan fingerprint density at radius 1 is 1.46 bits per heavy atom. The SMILES string of the molecule is CCC(C)=O.Cc1cccc(N)c1. The van der Waals surface area contributed by atoms with Gasteiger partial charge >= 0.3 is 0 Å². The number of aryl methyl sites for hydroxylation is 1. The molecular formula is C11H17NO. The number of carbonyl (C=O) groups excluding carboxylic acids is 1. The molecule has 1 aromatic rings. The third-order valence-electron chi connectivity index (χ3n) is 1.54. The monoisotopic (exact) mass is 179 g/mol. The summed E-state index contributed by atoms with van der Waals surface area (Å²) < 4.78 is 0. The van der Waals surface area contributed by atoms with Gasteiger partial charge in [0.05, 0.1) is 0 Å². The second kappa shape index (κ2) is 6.23. The molecule has 0 atom stereocenters. The van der Waals surface area contributed by atoms with Gasteiger partial charge in [0.15, 0.2) is 0 Å². The normalized spacial score (nSPS) is 8.54. The Labute approximate surface area is 79.8 Å². The van der Waals surface area contributed by atoms with Crippen LogP contribution in [0.4, 0.5) is 5.69 Å². The van der Waals surface area contributed by atoms with Crippen LogP contribution in [-0.2, 0) is 4.79 Å². The fourth-order valence-electron chi connectivity index (χ4n) is 0.670. The molecular weight excluding hydrogens is 162 g/mol. The first-order chi connectivity index (χ1) is 6.06. The molecule has 0 aromatic heterocycles. The van der Waals surface area contributed by atoms with Crippen molar-refractivity contribution in [2.75, 3.05) is 5.73 Å². The molecule has 2 heteroatoms. The summed E-state index contributed by atoms with van der Waals surface area (Å²) in [6.07, 6.45) is 0.667. The third kappa shape index (κ3) is 7.06. The molecule has 0 saturated heterocycles. The lowest BCUT2D eigenvalue weighted by Crippen LogP contribution is -1.82. The lowest BCUT2D eigenvalue weighted by molar-refractivity contribution is -0.116. The maximum absolute atomic E-state index is 9.81. The van der Waals surface area contributed by atoms with Gasteiger partial charge in [0.1, 0.15) is 5.78 Å². The van der Waals surface area contributed by atoms with Gasteiger partial charge in [-0.15, -0.1) is 0 Å². The number of hydrogen-bond acceptors (Lipinski definition) is 2. The molecule has 0 saturated carbocycles. The average Bonchev–Trinajstić information content (AvgIpc) is 2.05. The lowest BCUT2D eigenvalue weighted by Gasteiger charge is -1.91. The number of carbonyl (C=O) groups is 1. The molecule has 13 heavy (non-hydrogen) atoms. The molecule has 2 nitrogen and oxygen atoms in total. The van der Waals surface area contributed by atoms with E-state index in [1.165, 1.54) is 5.56 Å². The van der Waals surface area contributed by atoms with Crippen molar-refractivity contribution in [1.29, 1.82) is 0 Å². The molecule has 0 unspecified atom stereocenters. The van der Waals surface area contributed by atoms with E-state index in [0.717, 1.165) is 5.69 Å². The standard InChI is InChI=1S/C7H9N.C4H8O/c1-6-3-2-4-7(8)5-6;1-3-4(2)5/h2-5H,8H2,1H3;3H2,1-2H3. The zero-order valence-electron chi connectivity index (χ0n) is 8.50. The lowest BCUT2D eigenvalue weighted by atomic mass is 10.2. The van der Waals surface area contributed by atoms with E-state index >= 15 is 0 Å². The topological polar surface area (TPSA) is 43.1 Å². The number of Topliss-reactive ketones (excluding diaryl/α,β-unsaturated/α-hetero) is 1. The minimum Gasteiger partial charge on any atom is -0.399 e. The molecule has 0 spiro atoms. The van der Waals surface area contributed by atoms with E-state index in [0.29, 0.717) is 6.42 Å². The van der Waals surface area contributed by atoms with Crippen molar-refractivity contribution in [2.45, 2.75) is 27.2 Å². The van der Waals surface area contributed by atoms with Crippen LogP contribution in [-0.4, -0.2) is 5.78 Å². The molecule has 2 N–H and O–H groups in total. The van der Waals surface area contributed by atoms with Crippen LogP contribution in [0.25, 0.3) is 0 Å². The van der Waals surface area contributed by atoms with Crippen LogP contribution in [0.5, 0.6) is 0 Å². The first-order valence-electron chi connectivity index (χ1n) is 4.37. The summed E-state index contributed by atoms with van der Waals surface area (Å²) >= 11 is 0. The van der Waals surface area contributed by atoms with Crippen molar-refractivity contribution in [3.8, 4) is 0 Å². The van der Waals surface area contributed by atoms with Crippen molar-refractivity contribution >= 4 is 11.5 Å². The van der Waals surface area contributed by atoms with E-state index in [1.54, 1.807) is 6.92 Å². The van der Waals surface area contributed by atoms with Crippen molar-refractivity contribution in [3.63, 3.8) is 0 Å². The molecule has 72 valence electrons. The van der Waals surface area contributed by atoms with E-state index in [-0.39, 0.29) is 5.78 Å². The Morgan fingerprint density at radius 3 is 2.23 bits per heavy atom. The summed E-state index contributed by atoms with van der Waals surface area (Å²) in [4.78, 5) is 9.81. The van der Waals surface area contributed by atoms with E-state index in [2.05, 4.69) is 0 Å². The minimum atomic E-state index is 0.255. The molecule has 0 amide bonds. The van der Waals surface area contributed by atoms with Gasteiger partial charge in [-0.3, -0.25) is 0 Å². The van der Waals surface area contributed by atoms with Crippen LogP contribution >= 0.6 is 0 Å². The molecule has 0 fully saturated rings. The van der Waals surface area contributed by atoms with Crippen LogP contribution in [0, 0.1) is 6.92 Å². The largest absolute Gasteiger partial charge is 0.399 e. The summed E-state index contributed by atoms with van der Waals surface area (Å²) in [5, 5.41) is 0. The van der Waals surface area contributed by atoms with Crippen LogP contribution in [0.3, 0.4) is 0 Å². The quantitative estimate of drug-likeness (QED) is 0.673. The van der Waals surface area contributed by atoms with Crippen LogP contribution < -0.4 is 5.73 Å². The summed E-state index contributed by atoms with van der Waals surface area (Å²) in [6, 6.07) is 7.80. The van der Waals surface area contributed by atoms with Crippen LogP contribution in [0.15, 0.2) is 24.3 Å². The number of benzene rings is 1. The van der Waals surface area contributed by atoms with Crippen molar-refractivity contribution in [2.24, 2.45) is 0 Å². The van der Waals surface area contributed by atoms with Gasteiger partial charge in [-0.25, -0.2) is 0 Å². The minimum absolute atomic E-state index is 0.255. The zero-order valence-corrected chi connectivity index (χ0v) is 8.50. The highest BCUT2D eigenvalue weighted by Gasteiger charge is 1.81. The van der Waals surface area contributed by atoms with Crippen LogP contribution in [0.2, 0.25) is 0 Å². The highest BCUT2D eigenvalue weighted by molar-refractivity contribution is 5.74. The summed E-state index contributed by atoms with van der Waals surface area (Å²) in [7, 11) is 0. The zero-order chi connectivity index (χ0) is 10.3. The van der Waals surface area contributed by atoms with Gasteiger partial charge in [-0.2, -0.15) is 0 Å². The first-order valence-corrected chi connectivity index (χ1v) is 4.37. The van der Waals surface area contributed by atoms with Gasteiger partial charge in [-0.05, 0) is 31.5 Å². The number of rotatable bonds is 1. The van der Waals surface area contributed by atoms with E-state index < -0.39 is 0 Å². The Morgan fingerprint density at radius 2 is 2.00 bits per heavy atom. The fraction of sp³-hybridized carbons (Fsp3) is 0.364. The van der Waals surface area contributed by atoms with Gasteiger partial charge in [0.25, 0.3) is 0 Å². The van der Waals surface area contributed by atoms with Crippen LogP contribution in [0.1, 0.15) is 25.8 Å². The van der Waals surface area contributed by atoms with E-state index in [4.69, 9.17) is 5.73 Å². The second-order valence-corrected chi connectivity index (χ2v) is 2.97. The van der Waals surface area contributed by atoms with Gasteiger partial charge in [0, 0.05) is 12.1 Å². The molecule has 0 heterocycles. The second-order valence-electron chi connectivity index (χ2n) is 2.97. The number of nitrogen functional groups attached to an aromatic ring is 1. The van der Waals surface area contributed by atoms with Crippen molar-refractivity contribution < 1.29 is 4.79 Å². The van der Waals surface area contributed by atoms with E-state index in [9.17, 15) is 4.79 Å². The molecule has 0 bridgehead atoms. The highest BCUT2D eigenvalue weighted by Crippen LogP contribution is 2.03.